The molecule has 8 heteroatoms. The van der Waals surface area contributed by atoms with Crippen LogP contribution in [0.1, 0.15) is 45.4 Å². The van der Waals surface area contributed by atoms with Crippen LogP contribution in [0.25, 0.3) is 0 Å². The normalized spacial score (nSPS) is 22.0. The molecule has 0 aromatic carbocycles. The quantitative estimate of drug-likeness (QED) is 0.425. The van der Waals surface area contributed by atoms with Gasteiger partial charge in [0.05, 0.1) is 0 Å². The lowest BCUT2D eigenvalue weighted by molar-refractivity contribution is 0.181. The van der Waals surface area contributed by atoms with Gasteiger partial charge in [0.15, 0.2) is 5.96 Å². The van der Waals surface area contributed by atoms with Crippen molar-refractivity contribution >= 4 is 22.6 Å². The van der Waals surface area contributed by atoms with Gasteiger partial charge >= 0.3 is 0 Å². The number of aryl methyl sites for hydroxylation is 1. The number of anilines is 1. The number of guanidine groups is 1. The summed E-state index contributed by atoms with van der Waals surface area (Å²) in [5, 5.41) is 4.63. The third kappa shape index (κ3) is 6.04. The maximum absolute atomic E-state index is 4.62. The average Bonchev–Trinajstić information content (AvgIpc) is 3.20. The van der Waals surface area contributed by atoms with Gasteiger partial charge in [-0.2, -0.15) is 4.37 Å². The van der Waals surface area contributed by atoms with E-state index in [-0.39, 0.29) is 0 Å². The number of hydrogen-bond acceptors (Lipinski definition) is 6. The fourth-order valence-electron chi connectivity index (χ4n) is 4.11. The van der Waals surface area contributed by atoms with Crippen molar-refractivity contribution in [2.45, 2.75) is 46.0 Å². The first-order chi connectivity index (χ1) is 13.7. The Bertz CT molecular complexity index is 609. The Morgan fingerprint density at radius 3 is 2.71 bits per heavy atom. The highest BCUT2D eigenvalue weighted by Gasteiger charge is 2.22. The molecule has 2 aliphatic rings. The lowest BCUT2D eigenvalue weighted by atomic mass is 10.0. The summed E-state index contributed by atoms with van der Waals surface area (Å²) in [6.07, 6.45) is 6.15. The molecule has 7 nitrogen and oxygen atoms in total. The topological polar surface area (TPSA) is 59.9 Å². The smallest absolute Gasteiger partial charge is 0.205 e. The molecule has 1 unspecified atom stereocenters. The predicted molar refractivity (Wildman–Crippen MR) is 119 cm³/mol. The Morgan fingerprint density at radius 1 is 1.21 bits per heavy atom. The van der Waals surface area contributed by atoms with Crippen LogP contribution < -0.4 is 10.2 Å². The number of hydrogen-bond donors (Lipinski definition) is 1. The highest BCUT2D eigenvalue weighted by Crippen LogP contribution is 2.19. The number of piperazine rings is 1. The molecule has 0 saturated carbocycles. The molecule has 1 atom stereocenters. The zero-order chi connectivity index (χ0) is 19.8. The van der Waals surface area contributed by atoms with Crippen molar-refractivity contribution < 1.29 is 0 Å². The van der Waals surface area contributed by atoms with E-state index < -0.39 is 0 Å². The van der Waals surface area contributed by atoms with Crippen molar-refractivity contribution in [2.75, 3.05) is 64.3 Å². The van der Waals surface area contributed by atoms with Crippen molar-refractivity contribution in [3.8, 4) is 0 Å². The first kappa shape index (κ1) is 21.3. The monoisotopic (exact) mass is 407 g/mol. The SMILES string of the molecule is CCc1nsc(N2CCN(C(=NC)NCCCCN3CCCC(C)C3)CC2)n1. The van der Waals surface area contributed by atoms with Crippen LogP contribution in [-0.4, -0.2) is 84.5 Å². The number of unbranched alkanes of at least 4 members (excludes halogenated alkanes) is 1. The van der Waals surface area contributed by atoms with Crippen LogP contribution in [0.5, 0.6) is 0 Å². The second kappa shape index (κ2) is 11.0. The van der Waals surface area contributed by atoms with Gasteiger partial charge in [-0.15, -0.1) is 0 Å². The zero-order valence-corrected chi connectivity index (χ0v) is 18.7. The van der Waals surface area contributed by atoms with E-state index in [9.17, 15) is 0 Å². The second-order valence-corrected chi connectivity index (χ2v) is 8.78. The maximum atomic E-state index is 4.62. The van der Waals surface area contributed by atoms with E-state index in [1.54, 1.807) is 0 Å². The molecular weight excluding hydrogens is 370 g/mol. The van der Waals surface area contributed by atoms with Gasteiger partial charge in [-0.3, -0.25) is 4.99 Å². The second-order valence-electron chi connectivity index (χ2n) is 8.05. The third-order valence-corrected chi connectivity index (χ3v) is 6.58. The minimum absolute atomic E-state index is 0.873. The average molecular weight is 408 g/mol. The summed E-state index contributed by atoms with van der Waals surface area (Å²) in [6.45, 7) is 13.2. The predicted octanol–water partition coefficient (Wildman–Crippen LogP) is 2.31. The number of piperidine rings is 1. The van der Waals surface area contributed by atoms with Gasteiger partial charge in [0, 0.05) is 64.3 Å². The fraction of sp³-hybridized carbons (Fsp3) is 0.850. The standard InChI is InChI=1S/C20H37N7S/c1-4-18-23-20(28-24-18)27-14-12-26(13-15-27)19(21-3)22-9-5-6-10-25-11-7-8-17(2)16-25/h17H,4-16H2,1-3H3,(H,21,22). The van der Waals surface area contributed by atoms with Gasteiger partial charge in [-0.05, 0) is 44.7 Å². The number of aliphatic imine (C=N–C) groups is 1. The molecular formula is C20H37N7S. The molecule has 0 bridgehead atoms. The summed E-state index contributed by atoms with van der Waals surface area (Å²) in [5.74, 6) is 2.87. The Hall–Kier alpha value is -1.41. The summed E-state index contributed by atoms with van der Waals surface area (Å²) in [7, 11) is 1.89. The molecule has 0 aliphatic carbocycles. The molecule has 3 rings (SSSR count). The number of rotatable bonds is 7. The van der Waals surface area contributed by atoms with Crippen LogP contribution in [0.2, 0.25) is 0 Å². The molecule has 1 aromatic heterocycles. The van der Waals surface area contributed by atoms with Crippen LogP contribution in [0, 0.1) is 5.92 Å². The highest BCUT2D eigenvalue weighted by molar-refractivity contribution is 7.09. The summed E-state index contributed by atoms with van der Waals surface area (Å²) in [5.41, 5.74) is 0. The van der Waals surface area contributed by atoms with Crippen molar-refractivity contribution in [3.63, 3.8) is 0 Å². The van der Waals surface area contributed by atoms with E-state index in [1.165, 1.54) is 56.9 Å². The Kier molecular flexibility index (Phi) is 8.33. The van der Waals surface area contributed by atoms with Gasteiger partial charge in [-0.1, -0.05) is 13.8 Å². The van der Waals surface area contributed by atoms with E-state index in [2.05, 4.69) is 48.2 Å². The van der Waals surface area contributed by atoms with Gasteiger partial charge in [0.1, 0.15) is 5.82 Å². The minimum atomic E-state index is 0.873. The number of aromatic nitrogens is 2. The maximum Gasteiger partial charge on any atom is 0.205 e. The summed E-state index contributed by atoms with van der Waals surface area (Å²) in [6, 6.07) is 0. The molecule has 0 spiro atoms. The van der Waals surface area contributed by atoms with Crippen LogP contribution >= 0.6 is 11.5 Å². The molecule has 158 valence electrons. The van der Waals surface area contributed by atoms with Crippen LogP contribution in [0.4, 0.5) is 5.13 Å². The van der Waals surface area contributed by atoms with Crippen LogP contribution in [0.3, 0.4) is 0 Å². The number of nitrogens with one attached hydrogen (secondary N) is 1. The molecule has 2 saturated heterocycles. The molecule has 3 heterocycles. The first-order valence-corrected chi connectivity index (χ1v) is 11.7. The van der Waals surface area contributed by atoms with Crippen molar-refractivity contribution in [1.29, 1.82) is 0 Å². The van der Waals surface area contributed by atoms with E-state index in [0.717, 1.165) is 62.0 Å². The van der Waals surface area contributed by atoms with Gasteiger partial charge in [0.2, 0.25) is 5.13 Å². The zero-order valence-electron chi connectivity index (χ0n) is 17.9. The number of likely N-dealkylation sites (tertiary alicyclic amines) is 1. The summed E-state index contributed by atoms with van der Waals surface area (Å²) < 4.78 is 4.41. The van der Waals surface area contributed by atoms with Gasteiger partial charge in [0.25, 0.3) is 0 Å². The van der Waals surface area contributed by atoms with Crippen molar-refractivity contribution in [1.82, 2.24) is 24.5 Å². The Morgan fingerprint density at radius 2 is 2.04 bits per heavy atom. The fourth-order valence-corrected chi connectivity index (χ4v) is 4.91. The number of nitrogens with zero attached hydrogens (tertiary/aromatic N) is 6. The summed E-state index contributed by atoms with van der Waals surface area (Å²) >= 11 is 1.52. The largest absolute Gasteiger partial charge is 0.356 e. The third-order valence-electron chi connectivity index (χ3n) is 5.76. The Labute approximate surface area is 174 Å². The molecule has 1 aromatic rings. The van der Waals surface area contributed by atoms with Crippen LogP contribution in [-0.2, 0) is 6.42 Å². The molecule has 0 radical (unpaired) electrons. The first-order valence-electron chi connectivity index (χ1n) is 10.9. The van der Waals surface area contributed by atoms with Crippen molar-refractivity contribution in [2.24, 2.45) is 10.9 Å². The molecule has 2 fully saturated rings. The van der Waals surface area contributed by atoms with Crippen molar-refractivity contribution in [3.05, 3.63) is 5.82 Å². The van der Waals surface area contributed by atoms with E-state index in [4.69, 9.17) is 0 Å². The van der Waals surface area contributed by atoms with Crippen LogP contribution in [0.15, 0.2) is 4.99 Å². The highest BCUT2D eigenvalue weighted by atomic mass is 32.1. The van der Waals surface area contributed by atoms with Gasteiger partial charge < -0.3 is 20.0 Å². The van der Waals surface area contributed by atoms with Gasteiger partial charge in [-0.25, -0.2) is 4.98 Å². The lowest BCUT2D eigenvalue weighted by Crippen LogP contribution is -2.52. The van der Waals surface area contributed by atoms with E-state index in [0.29, 0.717) is 0 Å². The Balaban J connectivity index is 1.33. The molecule has 0 amide bonds. The molecule has 28 heavy (non-hydrogen) atoms. The lowest BCUT2D eigenvalue weighted by Gasteiger charge is -2.36. The molecule has 2 aliphatic heterocycles. The molecule has 1 N–H and O–H groups in total. The van der Waals surface area contributed by atoms with E-state index in [1.807, 2.05) is 7.05 Å². The minimum Gasteiger partial charge on any atom is -0.356 e. The van der Waals surface area contributed by atoms with E-state index >= 15 is 0 Å². The summed E-state index contributed by atoms with van der Waals surface area (Å²) in [4.78, 5) is 16.5.